The van der Waals surface area contributed by atoms with Crippen molar-refractivity contribution < 1.29 is 0 Å². The standard InChI is InChI=1S/C10H17N3/c1-4-13(5-2)10-9(11)7-6-8(3)12-10/h6-7H,4-5,11H2,1-3H3. The molecule has 0 atom stereocenters. The molecular formula is C10H17N3. The lowest BCUT2D eigenvalue weighted by Crippen LogP contribution is -2.24. The van der Waals surface area contributed by atoms with Crippen molar-refractivity contribution >= 4 is 11.5 Å². The Morgan fingerprint density at radius 3 is 2.46 bits per heavy atom. The van der Waals surface area contributed by atoms with Crippen molar-refractivity contribution in [3.8, 4) is 0 Å². The summed E-state index contributed by atoms with van der Waals surface area (Å²) in [5, 5.41) is 0. The van der Waals surface area contributed by atoms with E-state index in [2.05, 4.69) is 23.7 Å². The molecule has 0 saturated heterocycles. The van der Waals surface area contributed by atoms with Crippen LogP contribution < -0.4 is 10.6 Å². The van der Waals surface area contributed by atoms with Gasteiger partial charge in [-0.3, -0.25) is 0 Å². The first-order valence-electron chi connectivity index (χ1n) is 4.67. The van der Waals surface area contributed by atoms with Crippen LogP contribution in [0.15, 0.2) is 12.1 Å². The van der Waals surface area contributed by atoms with Crippen molar-refractivity contribution in [3.05, 3.63) is 17.8 Å². The van der Waals surface area contributed by atoms with E-state index in [1.807, 2.05) is 19.1 Å². The number of rotatable bonds is 3. The summed E-state index contributed by atoms with van der Waals surface area (Å²) < 4.78 is 0. The molecule has 0 fully saturated rings. The minimum atomic E-state index is 0.759. The lowest BCUT2D eigenvalue weighted by atomic mass is 10.3. The number of hydrogen-bond acceptors (Lipinski definition) is 3. The minimum Gasteiger partial charge on any atom is -0.396 e. The van der Waals surface area contributed by atoms with Gasteiger partial charge in [-0.15, -0.1) is 0 Å². The molecule has 0 aromatic carbocycles. The van der Waals surface area contributed by atoms with E-state index in [0.29, 0.717) is 0 Å². The van der Waals surface area contributed by atoms with Gasteiger partial charge in [0.1, 0.15) is 0 Å². The van der Waals surface area contributed by atoms with Crippen molar-refractivity contribution in [1.82, 2.24) is 4.98 Å². The average Bonchev–Trinajstić information content (AvgIpc) is 2.13. The zero-order valence-electron chi connectivity index (χ0n) is 8.54. The maximum absolute atomic E-state index is 5.84. The lowest BCUT2D eigenvalue weighted by Gasteiger charge is -2.21. The van der Waals surface area contributed by atoms with Crippen LogP contribution in [0.1, 0.15) is 19.5 Å². The van der Waals surface area contributed by atoms with Crippen LogP contribution in [0.5, 0.6) is 0 Å². The van der Waals surface area contributed by atoms with E-state index in [1.54, 1.807) is 0 Å². The molecule has 0 aliphatic carbocycles. The van der Waals surface area contributed by atoms with Gasteiger partial charge in [-0.2, -0.15) is 0 Å². The van der Waals surface area contributed by atoms with Crippen molar-refractivity contribution in [1.29, 1.82) is 0 Å². The van der Waals surface area contributed by atoms with E-state index in [-0.39, 0.29) is 0 Å². The third-order valence-corrected chi connectivity index (χ3v) is 2.11. The van der Waals surface area contributed by atoms with Gasteiger partial charge < -0.3 is 10.6 Å². The predicted octanol–water partition coefficient (Wildman–Crippen LogP) is 1.82. The van der Waals surface area contributed by atoms with Gasteiger partial charge in [0.25, 0.3) is 0 Å². The summed E-state index contributed by atoms with van der Waals surface area (Å²) >= 11 is 0. The molecular weight excluding hydrogens is 162 g/mol. The molecule has 0 saturated carbocycles. The van der Waals surface area contributed by atoms with Crippen LogP contribution >= 0.6 is 0 Å². The molecule has 3 nitrogen and oxygen atoms in total. The van der Waals surface area contributed by atoms with E-state index in [1.165, 1.54) is 0 Å². The third kappa shape index (κ3) is 2.11. The summed E-state index contributed by atoms with van der Waals surface area (Å²) in [6.07, 6.45) is 0. The fraction of sp³-hybridized carbons (Fsp3) is 0.500. The van der Waals surface area contributed by atoms with E-state index in [9.17, 15) is 0 Å². The number of anilines is 2. The lowest BCUT2D eigenvalue weighted by molar-refractivity contribution is 0.844. The molecule has 0 unspecified atom stereocenters. The Kier molecular flexibility index (Phi) is 3.12. The molecule has 0 aliphatic heterocycles. The SMILES string of the molecule is CCN(CC)c1nc(C)ccc1N. The number of nitrogen functional groups attached to an aromatic ring is 1. The highest BCUT2D eigenvalue weighted by Crippen LogP contribution is 2.19. The summed E-state index contributed by atoms with van der Waals surface area (Å²) in [5.41, 5.74) is 7.61. The van der Waals surface area contributed by atoms with Gasteiger partial charge in [0.05, 0.1) is 5.69 Å². The first-order valence-corrected chi connectivity index (χ1v) is 4.67. The van der Waals surface area contributed by atoms with Crippen molar-refractivity contribution in [2.75, 3.05) is 23.7 Å². The summed E-state index contributed by atoms with van der Waals surface area (Å²) in [6.45, 7) is 8.07. The smallest absolute Gasteiger partial charge is 0.152 e. The summed E-state index contributed by atoms with van der Waals surface area (Å²) in [6, 6.07) is 3.85. The molecule has 3 heteroatoms. The molecule has 0 amide bonds. The molecule has 0 bridgehead atoms. The normalized spacial score (nSPS) is 10.1. The first-order chi connectivity index (χ1) is 6.19. The van der Waals surface area contributed by atoms with Gasteiger partial charge in [-0.05, 0) is 32.9 Å². The van der Waals surface area contributed by atoms with Crippen LogP contribution in [0.2, 0.25) is 0 Å². The number of nitrogens with zero attached hydrogens (tertiary/aromatic N) is 2. The molecule has 0 aliphatic rings. The highest BCUT2D eigenvalue weighted by molar-refractivity contribution is 5.62. The molecule has 72 valence electrons. The molecule has 0 spiro atoms. The Morgan fingerprint density at radius 1 is 1.31 bits per heavy atom. The van der Waals surface area contributed by atoms with Gasteiger partial charge in [0.15, 0.2) is 5.82 Å². The quantitative estimate of drug-likeness (QED) is 0.769. The fourth-order valence-corrected chi connectivity index (χ4v) is 1.33. The molecule has 1 rings (SSSR count). The number of aromatic nitrogens is 1. The second-order valence-corrected chi connectivity index (χ2v) is 3.04. The predicted molar refractivity (Wildman–Crippen MR) is 56.9 cm³/mol. The molecule has 2 N–H and O–H groups in total. The van der Waals surface area contributed by atoms with Crippen LogP contribution in [0.4, 0.5) is 11.5 Å². The van der Waals surface area contributed by atoms with Crippen molar-refractivity contribution in [3.63, 3.8) is 0 Å². The Morgan fingerprint density at radius 2 is 1.92 bits per heavy atom. The van der Waals surface area contributed by atoms with E-state index < -0.39 is 0 Å². The maximum atomic E-state index is 5.84. The number of pyridine rings is 1. The Bertz CT molecular complexity index is 279. The summed E-state index contributed by atoms with van der Waals surface area (Å²) in [4.78, 5) is 6.57. The largest absolute Gasteiger partial charge is 0.396 e. The zero-order valence-corrected chi connectivity index (χ0v) is 8.54. The Hall–Kier alpha value is -1.25. The average molecular weight is 179 g/mol. The van der Waals surface area contributed by atoms with Crippen molar-refractivity contribution in [2.45, 2.75) is 20.8 Å². The second-order valence-electron chi connectivity index (χ2n) is 3.04. The van der Waals surface area contributed by atoms with E-state index in [0.717, 1.165) is 30.3 Å². The minimum absolute atomic E-state index is 0.759. The van der Waals surface area contributed by atoms with Crippen LogP contribution in [0.25, 0.3) is 0 Å². The first kappa shape index (κ1) is 9.84. The van der Waals surface area contributed by atoms with Crippen molar-refractivity contribution in [2.24, 2.45) is 0 Å². The number of hydrogen-bond donors (Lipinski definition) is 1. The van der Waals surface area contributed by atoms with Gasteiger partial charge in [0.2, 0.25) is 0 Å². The molecule has 1 aromatic rings. The zero-order chi connectivity index (χ0) is 9.84. The highest BCUT2D eigenvalue weighted by Gasteiger charge is 2.06. The topological polar surface area (TPSA) is 42.2 Å². The number of nitrogens with two attached hydrogens (primary N) is 1. The molecule has 1 aromatic heterocycles. The monoisotopic (exact) mass is 179 g/mol. The van der Waals surface area contributed by atoms with Gasteiger partial charge in [-0.1, -0.05) is 0 Å². The van der Waals surface area contributed by atoms with E-state index in [4.69, 9.17) is 5.73 Å². The summed E-state index contributed by atoms with van der Waals surface area (Å²) in [7, 11) is 0. The molecule has 1 heterocycles. The fourth-order valence-electron chi connectivity index (χ4n) is 1.33. The molecule has 0 radical (unpaired) electrons. The Labute approximate surface area is 79.6 Å². The van der Waals surface area contributed by atoms with Crippen LogP contribution in [0, 0.1) is 6.92 Å². The molecule has 13 heavy (non-hydrogen) atoms. The van der Waals surface area contributed by atoms with Gasteiger partial charge in [0, 0.05) is 18.8 Å². The van der Waals surface area contributed by atoms with Crippen LogP contribution in [-0.2, 0) is 0 Å². The number of aryl methyl sites for hydroxylation is 1. The third-order valence-electron chi connectivity index (χ3n) is 2.11. The second kappa shape index (κ2) is 4.12. The van der Waals surface area contributed by atoms with Crippen LogP contribution in [-0.4, -0.2) is 18.1 Å². The maximum Gasteiger partial charge on any atom is 0.152 e. The highest BCUT2D eigenvalue weighted by atomic mass is 15.2. The Balaban J connectivity index is 3.03. The van der Waals surface area contributed by atoms with Gasteiger partial charge >= 0.3 is 0 Å². The van der Waals surface area contributed by atoms with Gasteiger partial charge in [-0.25, -0.2) is 4.98 Å². The van der Waals surface area contributed by atoms with E-state index >= 15 is 0 Å². The van der Waals surface area contributed by atoms with Crippen LogP contribution in [0.3, 0.4) is 0 Å². The summed E-state index contributed by atoms with van der Waals surface area (Å²) in [5.74, 6) is 0.907.